The fourth-order valence-corrected chi connectivity index (χ4v) is 7.82. The minimum atomic E-state index is -4.60. The van der Waals surface area contributed by atoms with Crippen molar-refractivity contribution in [1.29, 1.82) is 0 Å². The first-order valence-corrected chi connectivity index (χ1v) is 15.9. The van der Waals surface area contributed by atoms with E-state index in [1.165, 1.54) is 28.0 Å². The first-order chi connectivity index (χ1) is 17.0. The van der Waals surface area contributed by atoms with Crippen LogP contribution >= 0.6 is 34.7 Å². The van der Waals surface area contributed by atoms with Crippen molar-refractivity contribution in [2.75, 3.05) is 16.5 Å². The van der Waals surface area contributed by atoms with Gasteiger partial charge in [-0.1, -0.05) is 59.0 Å². The van der Waals surface area contributed by atoms with E-state index in [2.05, 4.69) is 0 Å². The number of anilines is 1. The number of aromatic nitrogens is 1. The van der Waals surface area contributed by atoms with Crippen LogP contribution in [0, 0.1) is 0 Å². The molecule has 1 aromatic heterocycles. The predicted octanol–water partition coefficient (Wildman–Crippen LogP) is 4.69. The second-order valence-corrected chi connectivity index (χ2v) is 13.7. The third-order valence-electron chi connectivity index (χ3n) is 5.62. The third-order valence-corrected chi connectivity index (χ3v) is 9.45. The summed E-state index contributed by atoms with van der Waals surface area (Å²) in [6, 6.07) is 16.9. The molecule has 0 spiro atoms. The van der Waals surface area contributed by atoms with Gasteiger partial charge in [-0.3, -0.25) is 4.55 Å². The lowest BCUT2D eigenvalue weighted by molar-refractivity contribution is -0.667. The van der Waals surface area contributed by atoms with Crippen LogP contribution in [0.15, 0.2) is 64.5 Å². The van der Waals surface area contributed by atoms with Gasteiger partial charge < -0.3 is 9.45 Å². The minimum absolute atomic E-state index is 0.177. The van der Waals surface area contributed by atoms with Crippen LogP contribution < -0.4 is 9.47 Å². The number of hydrogen-bond donors (Lipinski definition) is 1. The van der Waals surface area contributed by atoms with E-state index >= 15 is 0 Å². The van der Waals surface area contributed by atoms with Crippen molar-refractivity contribution in [2.45, 2.75) is 17.9 Å². The van der Waals surface area contributed by atoms with Gasteiger partial charge in [0.05, 0.1) is 27.9 Å². The van der Waals surface area contributed by atoms with E-state index in [0.717, 1.165) is 30.9 Å². The Balaban J connectivity index is 1.67. The maximum Gasteiger partial charge on any atom is 0.265 e. The highest BCUT2D eigenvalue weighted by molar-refractivity contribution is 8.04. The van der Waals surface area contributed by atoms with Gasteiger partial charge in [0.2, 0.25) is 5.52 Å². The van der Waals surface area contributed by atoms with Gasteiger partial charge in [0.1, 0.15) is 20.7 Å². The van der Waals surface area contributed by atoms with Crippen molar-refractivity contribution in [3.63, 3.8) is 0 Å². The molecule has 8 nitrogen and oxygen atoms in total. The molecule has 0 radical (unpaired) electrons. The molecule has 0 amide bonds. The van der Waals surface area contributed by atoms with Crippen LogP contribution in [-0.4, -0.2) is 37.6 Å². The zero-order chi connectivity index (χ0) is 25.7. The third kappa shape index (κ3) is 5.40. The van der Waals surface area contributed by atoms with Gasteiger partial charge in [0, 0.05) is 16.3 Å². The molecule has 3 aromatic carbocycles. The summed E-state index contributed by atoms with van der Waals surface area (Å²) in [5.41, 5.74) is 1.44. The molecule has 13 heteroatoms. The van der Waals surface area contributed by atoms with Crippen molar-refractivity contribution in [3.05, 3.63) is 69.7 Å². The monoisotopic (exact) mass is 582 g/mol. The van der Waals surface area contributed by atoms with E-state index in [-0.39, 0.29) is 6.42 Å². The zero-order valence-corrected chi connectivity index (χ0v) is 22.5. The van der Waals surface area contributed by atoms with Crippen molar-refractivity contribution in [2.24, 2.45) is 0 Å². The number of hydrogen-bond acceptors (Lipinski definition) is 8. The van der Waals surface area contributed by atoms with E-state index in [9.17, 15) is 25.9 Å². The maximum atomic E-state index is 11.7. The molecule has 1 aliphatic rings. The van der Waals surface area contributed by atoms with Gasteiger partial charge in [-0.15, -0.1) is 0 Å². The summed E-state index contributed by atoms with van der Waals surface area (Å²) >= 11 is 8.93. The molecule has 1 N–H and O–H groups in total. The quantitative estimate of drug-likeness (QED) is 0.246. The highest BCUT2D eigenvalue weighted by atomic mass is 35.5. The molecule has 1 aliphatic heterocycles. The van der Waals surface area contributed by atoms with E-state index in [1.807, 2.05) is 41.0 Å². The minimum Gasteiger partial charge on any atom is -0.747 e. The average Bonchev–Trinajstić information content (AvgIpc) is 3.30. The van der Waals surface area contributed by atoms with E-state index in [1.54, 1.807) is 24.3 Å². The number of aryl methyl sites for hydroxylation is 1. The summed E-state index contributed by atoms with van der Waals surface area (Å²) in [6.07, 6.45) is 1.98. The van der Waals surface area contributed by atoms with Gasteiger partial charge in [-0.25, -0.2) is 8.42 Å². The lowest BCUT2D eigenvalue weighted by Crippen LogP contribution is -2.36. The molecule has 0 bridgehead atoms. The average molecular weight is 583 g/mol. The first-order valence-electron chi connectivity index (χ1n) is 10.7. The zero-order valence-electron chi connectivity index (χ0n) is 18.5. The molecule has 2 heterocycles. The lowest BCUT2D eigenvalue weighted by Gasteiger charge is -2.21. The van der Waals surface area contributed by atoms with Gasteiger partial charge >= 0.3 is 0 Å². The summed E-state index contributed by atoms with van der Waals surface area (Å²) < 4.78 is 70.0. The Morgan fingerprint density at radius 1 is 1.08 bits per heavy atom. The fraction of sp³-hybridized carbons (Fsp3) is 0.174. The van der Waals surface area contributed by atoms with E-state index in [4.69, 9.17) is 11.6 Å². The summed E-state index contributed by atoms with van der Waals surface area (Å²) in [7, 11) is -8.73. The van der Waals surface area contributed by atoms with Crippen LogP contribution in [0.5, 0.6) is 0 Å². The van der Waals surface area contributed by atoms with Crippen LogP contribution in [0.3, 0.4) is 0 Å². The molecule has 0 aliphatic carbocycles. The Hall–Kier alpha value is -2.19. The van der Waals surface area contributed by atoms with Crippen LogP contribution in [0.25, 0.3) is 27.1 Å². The molecule has 0 unspecified atom stereocenters. The molecule has 36 heavy (non-hydrogen) atoms. The number of fused-ring (bicyclic) bond motifs is 4. The van der Waals surface area contributed by atoms with Crippen LogP contribution in [0.4, 0.5) is 5.69 Å². The molecule has 0 atom stereocenters. The summed E-state index contributed by atoms with van der Waals surface area (Å²) in [5, 5.41) is 3.69. The van der Waals surface area contributed by atoms with Crippen molar-refractivity contribution < 1.29 is 30.5 Å². The second-order valence-electron chi connectivity index (χ2n) is 8.18. The molecular weight excluding hydrogens is 564 g/mol. The Kier molecular flexibility index (Phi) is 6.79. The van der Waals surface area contributed by atoms with Gasteiger partial charge in [0.25, 0.3) is 15.1 Å². The molecular formula is C23H19ClN2O6S4. The molecule has 0 saturated carbocycles. The molecule has 0 saturated heterocycles. The highest BCUT2D eigenvalue weighted by Crippen LogP contribution is 2.48. The second kappa shape index (κ2) is 9.60. The van der Waals surface area contributed by atoms with E-state index < -0.39 is 31.9 Å². The first kappa shape index (κ1) is 25.5. The standard InChI is InChI=1S/C23H19ClN2O6S4/c24-16-7-9-19-18(12-16)26(14-36(30,31)32)22(33-19)13-21-25(10-3-11-35(27,28)29)23-17-5-2-1-4-15(17)6-8-20(23)34-21/h1-2,4-9,12-13H,3,10-11,14H2,(H-,27,28,29,30,31,32). The Morgan fingerprint density at radius 2 is 1.86 bits per heavy atom. The van der Waals surface area contributed by atoms with Crippen molar-refractivity contribution in [3.8, 4) is 0 Å². The Morgan fingerprint density at radius 3 is 2.61 bits per heavy atom. The molecule has 5 rings (SSSR count). The smallest absolute Gasteiger partial charge is 0.265 e. The summed E-state index contributed by atoms with van der Waals surface area (Å²) in [5.74, 6) is -1.15. The molecule has 0 fully saturated rings. The predicted molar refractivity (Wildman–Crippen MR) is 143 cm³/mol. The number of thioether (sulfide) groups is 1. The summed E-state index contributed by atoms with van der Waals surface area (Å²) in [4.78, 5) is 2.19. The molecule has 188 valence electrons. The number of halogens is 1. The van der Waals surface area contributed by atoms with Crippen molar-refractivity contribution >= 4 is 87.7 Å². The number of thiazole rings is 1. The summed E-state index contributed by atoms with van der Waals surface area (Å²) in [6.45, 7) is 0.302. The van der Waals surface area contributed by atoms with Gasteiger partial charge in [-0.2, -0.15) is 13.0 Å². The van der Waals surface area contributed by atoms with Crippen molar-refractivity contribution in [1.82, 2.24) is 0 Å². The number of nitrogens with zero attached hydrogens (tertiary/aromatic N) is 2. The fourth-order valence-electron chi connectivity index (χ4n) is 4.19. The normalized spacial score (nSPS) is 15.3. The number of benzene rings is 3. The van der Waals surface area contributed by atoms with Gasteiger partial charge in [0.15, 0.2) is 6.54 Å². The van der Waals surface area contributed by atoms with E-state index in [0.29, 0.717) is 22.3 Å². The Labute approximate surface area is 221 Å². The number of rotatable bonds is 7. The molecule has 4 aromatic rings. The largest absolute Gasteiger partial charge is 0.747 e. The maximum absolute atomic E-state index is 11.7. The topological polar surface area (TPSA) is 119 Å². The van der Waals surface area contributed by atoms with Crippen LogP contribution in [0.2, 0.25) is 5.02 Å². The lowest BCUT2D eigenvalue weighted by atomic mass is 10.1. The van der Waals surface area contributed by atoms with Crippen LogP contribution in [-0.2, 0) is 26.8 Å². The Bertz CT molecular complexity index is 1750. The SMILES string of the molecule is O=S(=O)([O-])CN1C(=Cc2sc3ccc4ccccc4c3[n+]2CCCS(=O)(=O)O)Sc2ccc(Cl)cc21. The highest BCUT2D eigenvalue weighted by Gasteiger charge is 2.30. The van der Waals surface area contributed by atoms with Crippen LogP contribution in [0.1, 0.15) is 11.4 Å². The van der Waals surface area contributed by atoms with Gasteiger partial charge in [-0.05, 0) is 35.7 Å².